The second-order valence-electron chi connectivity index (χ2n) is 6.71. The molecule has 1 amide bonds. The van der Waals surface area contributed by atoms with E-state index in [9.17, 15) is 14.9 Å². The van der Waals surface area contributed by atoms with Crippen LogP contribution in [0.25, 0.3) is 21.7 Å². The topological polar surface area (TPSA) is 97.4 Å². The molecule has 0 bridgehead atoms. The number of fused-ring (bicyclic) bond motifs is 3. The average molecular weight is 389 g/mol. The zero-order valence-electron chi connectivity index (χ0n) is 15.8. The van der Waals surface area contributed by atoms with E-state index in [-0.39, 0.29) is 11.6 Å². The van der Waals surface area contributed by atoms with Gasteiger partial charge in [-0.25, -0.2) is 0 Å². The van der Waals surface area contributed by atoms with Crippen LogP contribution in [-0.2, 0) is 0 Å². The van der Waals surface area contributed by atoms with Crippen LogP contribution in [0.3, 0.4) is 0 Å². The molecule has 146 valence electrons. The molecule has 29 heavy (non-hydrogen) atoms. The molecule has 0 atom stereocenters. The predicted octanol–water partition coefficient (Wildman–Crippen LogP) is 4.64. The van der Waals surface area contributed by atoms with Crippen LogP contribution in [0, 0.1) is 17.0 Å². The monoisotopic (exact) mass is 389 g/mol. The Morgan fingerprint density at radius 1 is 1.00 bits per heavy atom. The van der Waals surface area contributed by atoms with Gasteiger partial charge in [0.2, 0.25) is 0 Å². The molecule has 7 nitrogen and oxygen atoms in total. The van der Waals surface area contributed by atoms with E-state index in [0.29, 0.717) is 18.8 Å². The molecule has 0 aliphatic heterocycles. The van der Waals surface area contributed by atoms with Crippen molar-refractivity contribution < 1.29 is 14.1 Å². The Labute approximate surface area is 166 Å². The smallest absolute Gasteiger partial charge is 0.287 e. The average Bonchev–Trinajstić information content (AvgIpc) is 3.08. The second kappa shape index (κ2) is 7.63. The third-order valence-electron chi connectivity index (χ3n) is 4.85. The first-order chi connectivity index (χ1) is 14.0. The number of benzene rings is 3. The Hall–Kier alpha value is -3.87. The van der Waals surface area contributed by atoms with E-state index in [1.165, 1.54) is 12.1 Å². The summed E-state index contributed by atoms with van der Waals surface area (Å²) in [4.78, 5) is 22.8. The number of carbonyl (C=O) groups is 1. The lowest BCUT2D eigenvalue weighted by Gasteiger charge is -2.07. The number of nitro benzene ring substituents is 1. The molecule has 0 aliphatic rings. The van der Waals surface area contributed by atoms with Crippen molar-refractivity contribution in [2.45, 2.75) is 6.92 Å². The zero-order chi connectivity index (χ0) is 20.4. The summed E-state index contributed by atoms with van der Waals surface area (Å²) >= 11 is 0. The standard InChI is InChI=1S/C22H19N3O4/c1-14-18-11-6-15-4-2-3-5-19(15)21(18)29-20(14)22(26)24-13-12-23-16-7-9-17(10-8-16)25(27)28/h2-11,23H,12-13H2,1H3,(H,24,26). The van der Waals surface area contributed by atoms with Gasteiger partial charge < -0.3 is 15.1 Å². The van der Waals surface area contributed by atoms with Gasteiger partial charge in [-0.3, -0.25) is 14.9 Å². The number of carbonyl (C=O) groups excluding carboxylic acids is 1. The number of anilines is 1. The number of non-ortho nitro benzene ring substituents is 1. The molecular formula is C22H19N3O4. The van der Waals surface area contributed by atoms with Gasteiger partial charge in [0, 0.05) is 47.2 Å². The Balaban J connectivity index is 1.42. The molecule has 1 heterocycles. The Morgan fingerprint density at radius 3 is 2.52 bits per heavy atom. The molecule has 2 N–H and O–H groups in total. The van der Waals surface area contributed by atoms with Crippen LogP contribution in [0.2, 0.25) is 0 Å². The maximum atomic E-state index is 12.6. The van der Waals surface area contributed by atoms with Crippen molar-refractivity contribution in [2.24, 2.45) is 0 Å². The summed E-state index contributed by atoms with van der Waals surface area (Å²) in [5.41, 5.74) is 2.31. The second-order valence-corrected chi connectivity index (χ2v) is 6.71. The molecule has 1 aromatic heterocycles. The molecule has 0 spiro atoms. The fourth-order valence-electron chi connectivity index (χ4n) is 3.33. The lowest BCUT2D eigenvalue weighted by atomic mass is 10.1. The molecule has 0 unspecified atom stereocenters. The number of aryl methyl sites for hydroxylation is 1. The highest BCUT2D eigenvalue weighted by atomic mass is 16.6. The van der Waals surface area contributed by atoms with Gasteiger partial charge in [-0.2, -0.15) is 0 Å². The summed E-state index contributed by atoms with van der Waals surface area (Å²) in [6.07, 6.45) is 0. The summed E-state index contributed by atoms with van der Waals surface area (Å²) < 4.78 is 5.93. The van der Waals surface area contributed by atoms with Gasteiger partial charge >= 0.3 is 0 Å². The van der Waals surface area contributed by atoms with E-state index in [4.69, 9.17) is 4.42 Å². The highest BCUT2D eigenvalue weighted by Crippen LogP contribution is 2.31. The lowest BCUT2D eigenvalue weighted by molar-refractivity contribution is -0.384. The fraction of sp³-hybridized carbons (Fsp3) is 0.136. The highest BCUT2D eigenvalue weighted by Gasteiger charge is 2.18. The Morgan fingerprint density at radius 2 is 1.76 bits per heavy atom. The number of nitrogens with zero attached hydrogens (tertiary/aromatic N) is 1. The molecule has 0 saturated heterocycles. The van der Waals surface area contributed by atoms with Crippen molar-refractivity contribution in [3.63, 3.8) is 0 Å². The summed E-state index contributed by atoms with van der Waals surface area (Å²) in [7, 11) is 0. The quantitative estimate of drug-likeness (QED) is 0.284. The molecule has 0 fully saturated rings. The van der Waals surface area contributed by atoms with Crippen molar-refractivity contribution in [2.75, 3.05) is 18.4 Å². The number of hydrogen-bond acceptors (Lipinski definition) is 5. The number of nitrogens with one attached hydrogen (secondary N) is 2. The molecule has 0 radical (unpaired) electrons. The number of hydrogen-bond donors (Lipinski definition) is 2. The van der Waals surface area contributed by atoms with E-state index in [2.05, 4.69) is 10.6 Å². The lowest BCUT2D eigenvalue weighted by Crippen LogP contribution is -2.28. The summed E-state index contributed by atoms with van der Waals surface area (Å²) in [6.45, 7) is 2.74. The third-order valence-corrected chi connectivity index (χ3v) is 4.85. The van der Waals surface area contributed by atoms with Gasteiger partial charge in [-0.05, 0) is 24.4 Å². The summed E-state index contributed by atoms with van der Waals surface area (Å²) in [6, 6.07) is 18.0. The van der Waals surface area contributed by atoms with Crippen LogP contribution < -0.4 is 10.6 Å². The van der Waals surface area contributed by atoms with E-state index >= 15 is 0 Å². The molecule has 0 saturated carbocycles. The normalized spacial score (nSPS) is 10.9. The maximum absolute atomic E-state index is 12.6. The van der Waals surface area contributed by atoms with Crippen LogP contribution >= 0.6 is 0 Å². The van der Waals surface area contributed by atoms with Crippen LogP contribution in [0.15, 0.2) is 65.1 Å². The maximum Gasteiger partial charge on any atom is 0.287 e. The fourth-order valence-corrected chi connectivity index (χ4v) is 3.33. The molecule has 4 aromatic rings. The number of amides is 1. The van der Waals surface area contributed by atoms with E-state index in [0.717, 1.165) is 33.0 Å². The minimum absolute atomic E-state index is 0.0386. The van der Waals surface area contributed by atoms with Gasteiger partial charge in [0.05, 0.1) is 4.92 Å². The van der Waals surface area contributed by atoms with Crippen molar-refractivity contribution in [3.8, 4) is 0 Å². The number of nitro groups is 1. The van der Waals surface area contributed by atoms with Crippen molar-refractivity contribution in [1.29, 1.82) is 0 Å². The van der Waals surface area contributed by atoms with Gasteiger partial charge in [-0.15, -0.1) is 0 Å². The van der Waals surface area contributed by atoms with Crippen LogP contribution in [-0.4, -0.2) is 23.9 Å². The minimum atomic E-state index is -0.442. The van der Waals surface area contributed by atoms with E-state index in [1.807, 2.05) is 43.3 Å². The van der Waals surface area contributed by atoms with Crippen LogP contribution in [0.1, 0.15) is 16.1 Å². The summed E-state index contributed by atoms with van der Waals surface area (Å²) in [5, 5.41) is 19.6. The largest absolute Gasteiger partial charge is 0.450 e. The van der Waals surface area contributed by atoms with Crippen molar-refractivity contribution in [1.82, 2.24) is 5.32 Å². The molecule has 0 aliphatic carbocycles. The van der Waals surface area contributed by atoms with Crippen molar-refractivity contribution in [3.05, 3.63) is 82.1 Å². The predicted molar refractivity (Wildman–Crippen MR) is 112 cm³/mol. The molecular weight excluding hydrogens is 370 g/mol. The zero-order valence-corrected chi connectivity index (χ0v) is 15.8. The number of rotatable bonds is 6. The van der Waals surface area contributed by atoms with E-state index < -0.39 is 4.92 Å². The SMILES string of the molecule is Cc1c(C(=O)NCCNc2ccc([N+](=O)[O-])cc2)oc2c1ccc1ccccc12. The van der Waals surface area contributed by atoms with Crippen LogP contribution in [0.4, 0.5) is 11.4 Å². The van der Waals surface area contributed by atoms with Crippen molar-refractivity contribution >= 4 is 39.0 Å². The van der Waals surface area contributed by atoms with E-state index in [1.54, 1.807) is 12.1 Å². The Bertz CT molecular complexity index is 1210. The molecule has 4 rings (SSSR count). The van der Waals surface area contributed by atoms with Gasteiger partial charge in [-0.1, -0.05) is 36.4 Å². The first-order valence-electron chi connectivity index (χ1n) is 9.22. The highest BCUT2D eigenvalue weighted by molar-refractivity contribution is 6.08. The first kappa shape index (κ1) is 18.5. The van der Waals surface area contributed by atoms with Gasteiger partial charge in [0.1, 0.15) is 5.58 Å². The summed E-state index contributed by atoms with van der Waals surface area (Å²) in [5.74, 6) is 0.0416. The molecule has 7 heteroatoms. The first-order valence-corrected chi connectivity index (χ1v) is 9.22. The van der Waals surface area contributed by atoms with Gasteiger partial charge in [0.25, 0.3) is 11.6 Å². The van der Waals surface area contributed by atoms with Crippen LogP contribution in [0.5, 0.6) is 0 Å². The Kier molecular flexibility index (Phi) is 4.87. The number of furan rings is 1. The van der Waals surface area contributed by atoms with Gasteiger partial charge in [0.15, 0.2) is 5.76 Å². The molecule has 3 aromatic carbocycles. The minimum Gasteiger partial charge on any atom is -0.450 e. The third kappa shape index (κ3) is 3.62.